The molecule has 0 radical (unpaired) electrons. The minimum absolute atomic E-state index is 0.0555. The van der Waals surface area contributed by atoms with Crippen molar-refractivity contribution in [3.63, 3.8) is 0 Å². The number of carbonyl (C=O) groups excluding carboxylic acids is 1. The minimum atomic E-state index is -0.293. The molecule has 0 saturated heterocycles. The fourth-order valence-corrected chi connectivity index (χ4v) is 1.72. The molecule has 2 rings (SSSR count). The van der Waals surface area contributed by atoms with Crippen molar-refractivity contribution in [2.75, 3.05) is 19.0 Å². The zero-order valence-electron chi connectivity index (χ0n) is 11.7. The van der Waals surface area contributed by atoms with Crippen LogP contribution in [0.5, 0.6) is 5.75 Å². The highest BCUT2D eigenvalue weighted by Crippen LogP contribution is 2.14. The van der Waals surface area contributed by atoms with Gasteiger partial charge in [-0.3, -0.25) is 4.79 Å². The molecule has 2 aromatic rings. The van der Waals surface area contributed by atoms with E-state index in [2.05, 4.69) is 10.6 Å². The van der Waals surface area contributed by atoms with E-state index >= 15 is 0 Å². The molecule has 0 aliphatic carbocycles. The summed E-state index contributed by atoms with van der Waals surface area (Å²) in [6, 6.07) is 13.3. The molecule has 0 aliphatic rings. The topological polar surface area (TPSA) is 50.4 Å². The van der Waals surface area contributed by atoms with Gasteiger partial charge in [-0.1, -0.05) is 12.1 Å². The van der Waals surface area contributed by atoms with Crippen LogP contribution >= 0.6 is 0 Å². The summed E-state index contributed by atoms with van der Waals surface area (Å²) < 4.78 is 18.1. The Morgan fingerprint density at radius 2 is 1.76 bits per heavy atom. The van der Waals surface area contributed by atoms with Crippen LogP contribution in [0.1, 0.15) is 5.56 Å². The van der Waals surface area contributed by atoms with Gasteiger partial charge in [0.2, 0.25) is 0 Å². The molecule has 4 nitrogen and oxygen atoms in total. The first-order chi connectivity index (χ1) is 10.2. The second-order valence-electron chi connectivity index (χ2n) is 4.47. The van der Waals surface area contributed by atoms with Gasteiger partial charge in [0, 0.05) is 19.3 Å². The number of ether oxygens (including phenoxy) is 1. The van der Waals surface area contributed by atoms with Crippen LogP contribution in [0, 0.1) is 5.82 Å². The number of hydrogen-bond donors (Lipinski definition) is 2. The van der Waals surface area contributed by atoms with Crippen LogP contribution in [0.4, 0.5) is 10.1 Å². The maximum Gasteiger partial charge on any atom is 0.258 e. The van der Waals surface area contributed by atoms with E-state index in [1.165, 1.54) is 12.1 Å². The summed E-state index contributed by atoms with van der Waals surface area (Å²) in [5, 5.41) is 5.71. The third-order valence-corrected chi connectivity index (χ3v) is 2.92. The van der Waals surface area contributed by atoms with Crippen LogP contribution in [0.2, 0.25) is 0 Å². The van der Waals surface area contributed by atoms with Gasteiger partial charge in [0.05, 0.1) is 0 Å². The number of benzene rings is 2. The van der Waals surface area contributed by atoms with Gasteiger partial charge in [-0.2, -0.15) is 0 Å². The highest BCUT2D eigenvalue weighted by Gasteiger charge is 2.03. The molecule has 0 fully saturated rings. The highest BCUT2D eigenvalue weighted by molar-refractivity contribution is 5.77. The Kier molecular flexibility index (Phi) is 5.15. The molecular weight excluding hydrogens is 271 g/mol. The van der Waals surface area contributed by atoms with Crippen molar-refractivity contribution < 1.29 is 13.9 Å². The van der Waals surface area contributed by atoms with Crippen LogP contribution in [0.25, 0.3) is 0 Å². The lowest BCUT2D eigenvalue weighted by Crippen LogP contribution is -2.28. The summed E-state index contributed by atoms with van der Waals surface area (Å²) in [4.78, 5) is 11.7. The number of amides is 1. The largest absolute Gasteiger partial charge is 0.484 e. The number of rotatable bonds is 6. The number of hydrogen-bond acceptors (Lipinski definition) is 3. The maximum atomic E-state index is 12.7. The fourth-order valence-electron chi connectivity index (χ4n) is 1.72. The molecule has 0 atom stereocenters. The zero-order valence-corrected chi connectivity index (χ0v) is 11.7. The van der Waals surface area contributed by atoms with E-state index in [1.54, 1.807) is 24.3 Å². The second-order valence-corrected chi connectivity index (χ2v) is 4.47. The molecule has 2 N–H and O–H groups in total. The van der Waals surface area contributed by atoms with Gasteiger partial charge in [0.1, 0.15) is 11.6 Å². The average molecular weight is 288 g/mol. The van der Waals surface area contributed by atoms with E-state index in [4.69, 9.17) is 4.74 Å². The van der Waals surface area contributed by atoms with Crippen molar-refractivity contribution >= 4 is 11.6 Å². The van der Waals surface area contributed by atoms with Crippen molar-refractivity contribution in [3.8, 4) is 5.75 Å². The first kappa shape index (κ1) is 14.8. The van der Waals surface area contributed by atoms with Crippen LogP contribution < -0.4 is 15.4 Å². The van der Waals surface area contributed by atoms with E-state index in [0.717, 1.165) is 11.3 Å². The molecule has 0 aliphatic heterocycles. The molecule has 0 unspecified atom stereocenters. The first-order valence-electron chi connectivity index (χ1n) is 6.59. The van der Waals surface area contributed by atoms with Crippen molar-refractivity contribution in [2.45, 2.75) is 6.54 Å². The number of anilines is 1. The third kappa shape index (κ3) is 4.80. The van der Waals surface area contributed by atoms with E-state index in [9.17, 15) is 9.18 Å². The molecular formula is C16H17FN2O2. The fraction of sp³-hybridized carbons (Fsp3) is 0.188. The summed E-state index contributed by atoms with van der Waals surface area (Å²) in [5.74, 6) is 0.112. The predicted molar refractivity (Wildman–Crippen MR) is 79.7 cm³/mol. The van der Waals surface area contributed by atoms with Crippen molar-refractivity contribution in [2.24, 2.45) is 0 Å². The molecule has 2 aromatic carbocycles. The molecule has 1 amide bonds. The number of nitrogens with one attached hydrogen (secondary N) is 2. The van der Waals surface area contributed by atoms with Gasteiger partial charge in [-0.25, -0.2) is 4.39 Å². The van der Waals surface area contributed by atoms with Crippen LogP contribution in [-0.4, -0.2) is 19.6 Å². The summed E-state index contributed by atoms with van der Waals surface area (Å²) >= 11 is 0. The van der Waals surface area contributed by atoms with E-state index in [1.807, 2.05) is 19.2 Å². The molecule has 0 saturated carbocycles. The van der Waals surface area contributed by atoms with E-state index in [0.29, 0.717) is 12.3 Å². The Morgan fingerprint density at radius 3 is 2.38 bits per heavy atom. The lowest BCUT2D eigenvalue weighted by atomic mass is 10.2. The summed E-state index contributed by atoms with van der Waals surface area (Å²) in [6.45, 7) is 0.293. The predicted octanol–water partition coefficient (Wildman–Crippen LogP) is 2.56. The monoisotopic (exact) mass is 288 g/mol. The lowest BCUT2D eigenvalue weighted by Gasteiger charge is -2.08. The minimum Gasteiger partial charge on any atom is -0.484 e. The third-order valence-electron chi connectivity index (χ3n) is 2.92. The molecule has 110 valence electrons. The van der Waals surface area contributed by atoms with E-state index < -0.39 is 0 Å². The van der Waals surface area contributed by atoms with Crippen molar-refractivity contribution in [1.29, 1.82) is 0 Å². The lowest BCUT2D eigenvalue weighted by molar-refractivity contribution is -0.123. The van der Waals surface area contributed by atoms with Crippen LogP contribution in [-0.2, 0) is 11.3 Å². The Hall–Kier alpha value is -2.56. The summed E-state index contributed by atoms with van der Waals surface area (Å²) in [6.07, 6.45) is 0. The van der Waals surface area contributed by atoms with Gasteiger partial charge < -0.3 is 15.4 Å². The molecule has 0 aromatic heterocycles. The molecule has 5 heteroatoms. The van der Waals surface area contributed by atoms with Crippen molar-refractivity contribution in [1.82, 2.24) is 5.32 Å². The molecule has 0 heterocycles. The highest BCUT2D eigenvalue weighted by atomic mass is 19.1. The number of carbonyl (C=O) groups is 1. The van der Waals surface area contributed by atoms with Gasteiger partial charge in [0.25, 0.3) is 5.91 Å². The van der Waals surface area contributed by atoms with E-state index in [-0.39, 0.29) is 18.3 Å². The smallest absolute Gasteiger partial charge is 0.258 e. The number of halogens is 1. The standard InChI is InChI=1S/C16H17FN2O2/c1-18-14-6-8-15(9-7-14)21-11-16(20)19-10-12-2-4-13(17)5-3-12/h2-9,18H,10-11H2,1H3,(H,19,20). The normalized spacial score (nSPS) is 10.0. The zero-order chi connectivity index (χ0) is 15.1. The summed E-state index contributed by atoms with van der Waals surface area (Å²) in [7, 11) is 1.83. The average Bonchev–Trinajstić information content (AvgIpc) is 2.53. The van der Waals surface area contributed by atoms with Crippen LogP contribution in [0.3, 0.4) is 0 Å². The molecule has 0 bridgehead atoms. The second kappa shape index (κ2) is 7.28. The SMILES string of the molecule is CNc1ccc(OCC(=O)NCc2ccc(F)cc2)cc1. The molecule has 21 heavy (non-hydrogen) atoms. The van der Waals surface area contributed by atoms with Crippen molar-refractivity contribution in [3.05, 3.63) is 59.9 Å². The van der Waals surface area contributed by atoms with Gasteiger partial charge in [-0.05, 0) is 42.0 Å². The summed E-state index contributed by atoms with van der Waals surface area (Å²) in [5.41, 5.74) is 1.81. The first-order valence-corrected chi connectivity index (χ1v) is 6.59. The van der Waals surface area contributed by atoms with Crippen LogP contribution in [0.15, 0.2) is 48.5 Å². The Morgan fingerprint density at radius 1 is 1.10 bits per heavy atom. The Balaban J connectivity index is 1.75. The van der Waals surface area contributed by atoms with Gasteiger partial charge in [-0.15, -0.1) is 0 Å². The van der Waals surface area contributed by atoms with Gasteiger partial charge >= 0.3 is 0 Å². The molecule has 0 spiro atoms. The van der Waals surface area contributed by atoms with Gasteiger partial charge in [0.15, 0.2) is 6.61 Å². The quantitative estimate of drug-likeness (QED) is 0.859. The Bertz CT molecular complexity index is 582. The maximum absolute atomic E-state index is 12.7. The Labute approximate surface area is 122 Å².